The van der Waals surface area contributed by atoms with Gasteiger partial charge in [0.15, 0.2) is 0 Å². The van der Waals surface area contributed by atoms with Crippen LogP contribution in [-0.2, 0) is 18.2 Å². The number of benzene rings is 16. The Hall–Kier alpha value is -11.5. The molecule has 22 rings (SSSR count). The van der Waals surface area contributed by atoms with E-state index in [9.17, 15) is 18.9 Å². The summed E-state index contributed by atoms with van der Waals surface area (Å²) < 4.78 is 55.3. The van der Waals surface area contributed by atoms with Gasteiger partial charge in [-0.05, 0) is 201 Å². The molecule has 0 spiro atoms. The van der Waals surface area contributed by atoms with Crippen molar-refractivity contribution < 1.29 is 37.0 Å². The molecule has 8 nitrogen and oxygen atoms in total. The van der Waals surface area contributed by atoms with E-state index < -0.39 is 39.7 Å². The van der Waals surface area contributed by atoms with Crippen LogP contribution in [-0.4, -0.2) is 22.0 Å². The number of rotatable bonds is 4. The Morgan fingerprint density at radius 1 is 0.289 bits per heavy atom. The van der Waals surface area contributed by atoms with Crippen LogP contribution in [0.15, 0.2) is 279 Å². The molecule has 10 heteroatoms. The zero-order valence-electron chi connectivity index (χ0n) is 65.4. The van der Waals surface area contributed by atoms with E-state index in [2.05, 4.69) is 303 Å². The average Bonchev–Trinajstić information content (AvgIpc) is 1.37. The fourth-order valence-electron chi connectivity index (χ4n) is 18.5. The van der Waals surface area contributed by atoms with Crippen molar-refractivity contribution in [1.82, 2.24) is 0 Å². The highest BCUT2D eigenvalue weighted by Crippen LogP contribution is 2.60. The summed E-state index contributed by atoms with van der Waals surface area (Å²) in [6, 6.07) is 97.0. The minimum absolute atomic E-state index is 0.387. The van der Waals surface area contributed by atoms with E-state index in [1.807, 2.05) is 67.5 Å². The molecule has 2 aliphatic heterocycles. The predicted molar refractivity (Wildman–Crippen MR) is 478 cm³/mol. The zero-order chi connectivity index (χ0) is 78.5. The molecule has 114 heavy (non-hydrogen) atoms. The van der Waals surface area contributed by atoms with Crippen molar-refractivity contribution in [1.29, 1.82) is 0 Å². The monoisotopic (exact) mass is 1530 g/mol. The van der Waals surface area contributed by atoms with Crippen LogP contribution in [0.1, 0.15) is 115 Å². The van der Waals surface area contributed by atoms with Gasteiger partial charge < -0.3 is 9.05 Å². The molecule has 0 radical (unpaired) electrons. The third kappa shape index (κ3) is 13.0. The van der Waals surface area contributed by atoms with E-state index in [0.717, 1.165) is 209 Å². The summed E-state index contributed by atoms with van der Waals surface area (Å²) in [5.74, 6) is -0.0379. The summed E-state index contributed by atoms with van der Waals surface area (Å²) in [5.41, 5.74) is 9.06. The van der Waals surface area contributed by atoms with Crippen LogP contribution >= 0.6 is 15.6 Å². The Balaban J connectivity index is 0.000000152. The molecule has 16 aromatic carbocycles. The van der Waals surface area contributed by atoms with E-state index in [-0.39, 0.29) is 0 Å². The molecule has 2 N–H and O–H groups in total. The van der Waals surface area contributed by atoms with Crippen LogP contribution in [0, 0.1) is 0 Å². The summed E-state index contributed by atoms with van der Waals surface area (Å²) in [5, 5.41) is 25.6. The third-order valence-electron chi connectivity index (χ3n) is 22.7. The van der Waals surface area contributed by atoms with Gasteiger partial charge in [-0.3, -0.25) is 18.8 Å². The molecule has 6 atom stereocenters. The van der Waals surface area contributed by atoms with Gasteiger partial charge in [-0.2, -0.15) is 0 Å². The molecule has 0 bridgehead atoms. The van der Waals surface area contributed by atoms with Gasteiger partial charge in [-0.25, -0.2) is 9.13 Å². The molecule has 6 unspecified atom stereocenters. The van der Waals surface area contributed by atoms with E-state index in [4.69, 9.17) is 18.1 Å². The molecule has 4 aliphatic carbocycles. The van der Waals surface area contributed by atoms with E-state index in [1.165, 1.54) is 0 Å². The van der Waals surface area contributed by atoms with E-state index in [0.29, 0.717) is 11.5 Å². The van der Waals surface area contributed by atoms with Crippen LogP contribution in [0.5, 0.6) is 11.5 Å². The standard InChI is InChI=1S/2C48H33O4P.4C2H6/c2*49-53(50)51-47-41(43-35-19-7-1-13-29(35)25-30-14-2-8-20-36(30)43)27-33-17-5-11-23-39(33)45(47)46-40-24-12-6-18-34(40)28-42(48(46)52-53)44-37-21-9-3-15-31(37)26-32-16-4-10-22-38(32)44;4*1-2/h2*1-5,7-11,13-28,41,47H,6,12H2,(H,49,50);4*1-2H3. The lowest BCUT2D eigenvalue weighted by Gasteiger charge is -2.31. The van der Waals surface area contributed by atoms with Crippen molar-refractivity contribution in [2.24, 2.45) is 0 Å². The first-order valence-corrected chi connectivity index (χ1v) is 43.5. The summed E-state index contributed by atoms with van der Waals surface area (Å²) in [7, 11) is -9.42. The van der Waals surface area contributed by atoms with Crippen molar-refractivity contribution in [3.05, 3.63) is 343 Å². The Kier molecular flexibility index (Phi) is 20.7. The van der Waals surface area contributed by atoms with Gasteiger partial charge in [0.25, 0.3) is 0 Å². The second-order valence-electron chi connectivity index (χ2n) is 28.6. The average molecular weight is 1530 g/mol. The molecule has 564 valence electrons. The van der Waals surface area contributed by atoms with Gasteiger partial charge in [-0.1, -0.05) is 335 Å². The molecule has 0 saturated carbocycles. The first-order chi connectivity index (χ1) is 56.0. The summed E-state index contributed by atoms with van der Waals surface area (Å²) >= 11 is 0. The van der Waals surface area contributed by atoms with Crippen LogP contribution in [0.4, 0.5) is 0 Å². The molecular weight excluding hydrogens is 1440 g/mol. The SMILES string of the molecule is CC.CC.CC.CC.O=P1(O)Oc2c(-c3c4ccccc4cc4ccccc34)cc3c(c2C2=c4ccccc4=CC(c4c5ccccc5cc5ccccc45)C2O1)=CCCC=3.O=P1(O)Oc2c(-c3c4ccccc4cc4ccccc34)cc3c(c2C2=c4ccccc4=CC(c4c5ccccc5cc5ccccc45)C2O1)=CCCC=3. The zero-order valence-corrected chi connectivity index (χ0v) is 67.2. The molecule has 0 aromatic heterocycles. The van der Waals surface area contributed by atoms with Crippen LogP contribution in [0.25, 0.3) is 156 Å². The smallest absolute Gasteiger partial charge is 0.403 e. The maximum atomic E-state index is 14.6. The fourth-order valence-corrected chi connectivity index (χ4v) is 20.4. The highest BCUT2D eigenvalue weighted by atomic mass is 31.2. The molecule has 6 aliphatic rings. The summed E-state index contributed by atoms with van der Waals surface area (Å²) in [6.07, 6.45) is 15.5. The number of phosphoric acid groups is 2. The van der Waals surface area contributed by atoms with Gasteiger partial charge in [0, 0.05) is 56.4 Å². The molecular formula is C104H90O8P2. The summed E-state index contributed by atoms with van der Waals surface area (Å²) in [4.78, 5) is 23.9. The van der Waals surface area contributed by atoms with Crippen molar-refractivity contribution in [3.8, 4) is 33.8 Å². The van der Waals surface area contributed by atoms with Crippen LogP contribution in [0.3, 0.4) is 0 Å². The number of hydrogen-bond acceptors (Lipinski definition) is 6. The second-order valence-corrected chi connectivity index (χ2v) is 31.3. The lowest BCUT2D eigenvalue weighted by molar-refractivity contribution is 0.169. The largest absolute Gasteiger partial charge is 0.528 e. The predicted octanol–water partition coefficient (Wildman–Crippen LogP) is 22.1. The maximum Gasteiger partial charge on any atom is 0.528 e. The second kappa shape index (κ2) is 31.4. The molecule has 16 aromatic rings. The Morgan fingerprint density at radius 2 is 0.544 bits per heavy atom. The third-order valence-corrected chi connectivity index (χ3v) is 24.5. The molecule has 0 fully saturated rings. The lowest BCUT2D eigenvalue weighted by atomic mass is 9.76. The van der Waals surface area contributed by atoms with Gasteiger partial charge in [-0.15, -0.1) is 0 Å². The minimum Gasteiger partial charge on any atom is -0.403 e. The Labute approximate surface area is 664 Å². The highest BCUT2D eigenvalue weighted by Gasteiger charge is 2.47. The van der Waals surface area contributed by atoms with Gasteiger partial charge in [0.2, 0.25) is 0 Å². The maximum absolute atomic E-state index is 14.6. The fraction of sp³-hybridized carbons (Fsp3) is 0.154. The minimum atomic E-state index is -4.71. The van der Waals surface area contributed by atoms with E-state index in [1.54, 1.807) is 0 Å². The van der Waals surface area contributed by atoms with Crippen molar-refractivity contribution in [2.45, 2.75) is 105 Å². The quantitative estimate of drug-likeness (QED) is 0.132. The molecule has 2 heterocycles. The van der Waals surface area contributed by atoms with Crippen molar-refractivity contribution in [2.75, 3.05) is 0 Å². The van der Waals surface area contributed by atoms with Crippen molar-refractivity contribution in [3.63, 3.8) is 0 Å². The number of hydrogen-bond donors (Lipinski definition) is 2. The lowest BCUT2D eigenvalue weighted by Crippen LogP contribution is -2.42. The van der Waals surface area contributed by atoms with Crippen LogP contribution < -0.4 is 50.8 Å². The van der Waals surface area contributed by atoms with Crippen molar-refractivity contribution >= 4 is 149 Å². The Morgan fingerprint density at radius 3 is 0.851 bits per heavy atom. The van der Waals surface area contributed by atoms with Gasteiger partial charge in [0.1, 0.15) is 23.7 Å². The first kappa shape index (κ1) is 75.2. The molecule has 0 saturated heterocycles. The molecule has 0 amide bonds. The summed E-state index contributed by atoms with van der Waals surface area (Å²) in [6.45, 7) is 16.0. The highest BCUT2D eigenvalue weighted by molar-refractivity contribution is 7.48. The number of fused-ring (bicyclic) bond motifs is 20. The van der Waals surface area contributed by atoms with Gasteiger partial charge in [0.05, 0.1) is 0 Å². The Bertz CT molecular complexity index is 6620. The number of phosphoric ester groups is 2. The van der Waals surface area contributed by atoms with Gasteiger partial charge >= 0.3 is 15.6 Å². The van der Waals surface area contributed by atoms with Crippen LogP contribution in [0.2, 0.25) is 0 Å². The van der Waals surface area contributed by atoms with E-state index >= 15 is 0 Å². The first-order valence-electron chi connectivity index (χ1n) is 40.5. The topological polar surface area (TPSA) is 112 Å². The normalized spacial score (nSPS) is 19.1.